The fourth-order valence-electron chi connectivity index (χ4n) is 2.11. The Balaban J connectivity index is 3.41. The van der Waals surface area contributed by atoms with Gasteiger partial charge < -0.3 is 4.74 Å². The van der Waals surface area contributed by atoms with Gasteiger partial charge in [0.05, 0.1) is 0 Å². The van der Waals surface area contributed by atoms with Crippen LogP contribution in [-0.2, 0) is 9.53 Å². The van der Waals surface area contributed by atoms with Gasteiger partial charge in [-0.15, -0.1) is 0 Å². The maximum absolute atomic E-state index is 14.1. The summed E-state index contributed by atoms with van der Waals surface area (Å²) in [4.78, 5) is 11.6. The summed E-state index contributed by atoms with van der Waals surface area (Å²) in [5, 5.41) is 0. The number of carbonyl (C=O) groups is 1. The first kappa shape index (κ1) is 24.9. The second-order valence-corrected chi connectivity index (χ2v) is 5.90. The van der Waals surface area contributed by atoms with Crippen LogP contribution < -0.4 is 4.74 Å². The SMILES string of the molecule is Cc1cc(C)c(OC(=O)[C@](F)(OC(F)(F)C(F)(F)C(F)(F)F)C(F)(F)F)c(C)c1. The molecule has 0 fully saturated rings. The average molecular weight is 448 g/mol. The molecule has 0 heterocycles. The van der Waals surface area contributed by atoms with Crippen LogP contribution in [-0.4, -0.2) is 36.2 Å². The van der Waals surface area contributed by atoms with E-state index in [-0.39, 0.29) is 11.1 Å². The summed E-state index contributed by atoms with van der Waals surface area (Å²) in [6.07, 6.45) is -21.1. The van der Waals surface area contributed by atoms with Gasteiger partial charge in [-0.2, -0.15) is 48.3 Å². The van der Waals surface area contributed by atoms with Crippen LogP contribution in [0.15, 0.2) is 12.1 Å². The van der Waals surface area contributed by atoms with Gasteiger partial charge in [-0.25, -0.2) is 4.79 Å². The van der Waals surface area contributed by atoms with Crippen LogP contribution in [0.2, 0.25) is 0 Å². The highest BCUT2D eigenvalue weighted by Crippen LogP contribution is 2.51. The summed E-state index contributed by atoms with van der Waals surface area (Å²) < 4.78 is 147. The lowest BCUT2D eigenvalue weighted by Crippen LogP contribution is -2.62. The fraction of sp³-hybridized carbons (Fsp3) is 0.533. The zero-order chi connectivity index (χ0) is 23.2. The molecule has 1 aromatic rings. The number of aryl methyl sites for hydroxylation is 3. The molecule has 1 rings (SSSR count). The number of ether oxygens (including phenoxy) is 2. The lowest BCUT2D eigenvalue weighted by molar-refractivity contribution is -0.474. The van der Waals surface area contributed by atoms with Crippen LogP contribution in [0, 0.1) is 20.8 Å². The molecule has 0 aliphatic rings. The Labute approximate surface area is 155 Å². The van der Waals surface area contributed by atoms with E-state index in [9.17, 15) is 53.1 Å². The van der Waals surface area contributed by atoms with Crippen molar-refractivity contribution in [1.29, 1.82) is 0 Å². The Morgan fingerprint density at radius 2 is 1.17 bits per heavy atom. The van der Waals surface area contributed by atoms with E-state index in [0.717, 1.165) is 13.8 Å². The molecule has 0 amide bonds. The second-order valence-electron chi connectivity index (χ2n) is 5.90. The summed E-state index contributed by atoms with van der Waals surface area (Å²) in [6.45, 7) is 3.82. The molecule has 0 aromatic heterocycles. The minimum atomic E-state index is -7.27. The molecule has 0 aliphatic carbocycles. The number of carbonyl (C=O) groups excluding carboxylic acids is 1. The molecule has 14 heteroatoms. The molecule has 0 saturated heterocycles. The van der Waals surface area contributed by atoms with E-state index in [1.54, 1.807) is 0 Å². The van der Waals surface area contributed by atoms with Crippen molar-refractivity contribution in [1.82, 2.24) is 0 Å². The highest BCUT2D eigenvalue weighted by atomic mass is 19.4. The smallest absolute Gasteiger partial charge is 0.421 e. The number of benzene rings is 1. The third kappa shape index (κ3) is 4.56. The first-order valence-electron chi connectivity index (χ1n) is 7.25. The Morgan fingerprint density at radius 1 is 0.759 bits per heavy atom. The zero-order valence-corrected chi connectivity index (χ0v) is 14.5. The second kappa shape index (κ2) is 7.29. The molecule has 0 unspecified atom stereocenters. The molecular formula is C15H11F11O3. The molecule has 0 N–H and O–H groups in total. The van der Waals surface area contributed by atoms with E-state index < -0.39 is 42.0 Å². The average Bonchev–Trinajstić information content (AvgIpc) is 2.47. The van der Waals surface area contributed by atoms with E-state index in [4.69, 9.17) is 0 Å². The van der Waals surface area contributed by atoms with Crippen molar-refractivity contribution in [3.05, 3.63) is 28.8 Å². The minimum absolute atomic E-state index is 0.0900. The van der Waals surface area contributed by atoms with Gasteiger partial charge in [-0.3, -0.25) is 4.74 Å². The van der Waals surface area contributed by atoms with Gasteiger partial charge >= 0.3 is 36.2 Å². The van der Waals surface area contributed by atoms with Gasteiger partial charge in [0.1, 0.15) is 5.75 Å². The molecule has 29 heavy (non-hydrogen) atoms. The van der Waals surface area contributed by atoms with Crippen molar-refractivity contribution < 1.29 is 62.6 Å². The van der Waals surface area contributed by atoms with E-state index in [1.807, 2.05) is 0 Å². The lowest BCUT2D eigenvalue weighted by Gasteiger charge is -2.33. The number of rotatable bonds is 5. The maximum Gasteiger partial charge on any atom is 0.462 e. The van der Waals surface area contributed by atoms with Crippen molar-refractivity contribution in [2.45, 2.75) is 51.0 Å². The van der Waals surface area contributed by atoms with Gasteiger partial charge in [0.25, 0.3) is 0 Å². The lowest BCUT2D eigenvalue weighted by atomic mass is 10.1. The summed E-state index contributed by atoms with van der Waals surface area (Å²) in [7, 11) is 0. The quantitative estimate of drug-likeness (QED) is 0.337. The number of halogens is 11. The van der Waals surface area contributed by atoms with Crippen molar-refractivity contribution in [2.24, 2.45) is 0 Å². The topological polar surface area (TPSA) is 35.5 Å². The Hall–Kier alpha value is -2.12. The number of hydrogen-bond donors (Lipinski definition) is 0. The van der Waals surface area contributed by atoms with Crippen molar-refractivity contribution >= 4 is 5.97 Å². The summed E-state index contributed by atoms with van der Waals surface area (Å²) >= 11 is 0. The van der Waals surface area contributed by atoms with Gasteiger partial charge in [-0.1, -0.05) is 17.7 Å². The van der Waals surface area contributed by atoms with Crippen molar-refractivity contribution in [2.75, 3.05) is 0 Å². The monoisotopic (exact) mass is 448 g/mol. The van der Waals surface area contributed by atoms with Crippen molar-refractivity contribution in [3.63, 3.8) is 0 Å². The van der Waals surface area contributed by atoms with E-state index in [0.29, 0.717) is 5.56 Å². The molecule has 1 atom stereocenters. The highest BCUT2D eigenvalue weighted by molar-refractivity contribution is 5.81. The molecule has 3 nitrogen and oxygen atoms in total. The van der Waals surface area contributed by atoms with Crippen LogP contribution in [0.1, 0.15) is 16.7 Å². The molecule has 166 valence electrons. The Kier molecular flexibility index (Phi) is 6.26. The van der Waals surface area contributed by atoms with Crippen LogP contribution in [0.5, 0.6) is 5.75 Å². The molecule has 0 radical (unpaired) electrons. The molecular weight excluding hydrogens is 437 g/mol. The van der Waals surface area contributed by atoms with Gasteiger partial charge in [-0.05, 0) is 31.9 Å². The maximum atomic E-state index is 14.1. The third-order valence-electron chi connectivity index (χ3n) is 3.42. The predicted octanol–water partition coefficient (Wildman–Crippen LogP) is 5.55. The summed E-state index contributed by atoms with van der Waals surface area (Å²) in [5.41, 5.74) is 0.315. The summed E-state index contributed by atoms with van der Waals surface area (Å²) in [6, 6.07) is 2.44. The molecule has 0 spiro atoms. The number of alkyl halides is 11. The van der Waals surface area contributed by atoms with Crippen LogP contribution in [0.25, 0.3) is 0 Å². The highest BCUT2D eigenvalue weighted by Gasteiger charge is 2.80. The third-order valence-corrected chi connectivity index (χ3v) is 3.42. The standard InChI is InChI=1S/C15H11F11O3/c1-6-4-7(2)9(8(3)5-6)28-10(27)11(16,13(19,20)21)29-15(25,26)12(17,18)14(22,23)24/h4-5H,1-3H3/t11-/m0/s1. The largest absolute Gasteiger partial charge is 0.462 e. The van der Waals surface area contributed by atoms with E-state index in [1.165, 1.54) is 19.1 Å². The zero-order valence-electron chi connectivity index (χ0n) is 14.5. The van der Waals surface area contributed by atoms with Crippen LogP contribution in [0.3, 0.4) is 0 Å². The van der Waals surface area contributed by atoms with Gasteiger partial charge in [0.2, 0.25) is 0 Å². The minimum Gasteiger partial charge on any atom is -0.421 e. The molecule has 0 aliphatic heterocycles. The predicted molar refractivity (Wildman–Crippen MR) is 73.2 cm³/mol. The van der Waals surface area contributed by atoms with E-state index >= 15 is 0 Å². The van der Waals surface area contributed by atoms with Crippen LogP contribution in [0.4, 0.5) is 48.3 Å². The van der Waals surface area contributed by atoms with Gasteiger partial charge in [0.15, 0.2) is 0 Å². The van der Waals surface area contributed by atoms with Crippen LogP contribution >= 0.6 is 0 Å². The molecule has 1 aromatic carbocycles. The van der Waals surface area contributed by atoms with E-state index in [2.05, 4.69) is 9.47 Å². The summed E-state index contributed by atoms with van der Waals surface area (Å²) in [5.74, 6) is -17.7. The molecule has 0 saturated carbocycles. The Bertz CT molecular complexity index is 760. The fourth-order valence-corrected chi connectivity index (χ4v) is 2.11. The normalized spacial score (nSPS) is 15.8. The number of esters is 1. The first-order chi connectivity index (χ1) is 12.7. The first-order valence-corrected chi connectivity index (χ1v) is 7.25. The number of hydrogen-bond acceptors (Lipinski definition) is 3. The molecule has 0 bridgehead atoms. The van der Waals surface area contributed by atoms with Crippen molar-refractivity contribution in [3.8, 4) is 5.75 Å². The van der Waals surface area contributed by atoms with Gasteiger partial charge in [0, 0.05) is 0 Å². The Morgan fingerprint density at radius 3 is 1.52 bits per heavy atom.